The third-order valence-electron chi connectivity index (χ3n) is 3.20. The van der Waals surface area contributed by atoms with Gasteiger partial charge in [0.2, 0.25) is 5.82 Å². The Morgan fingerprint density at radius 1 is 1.29 bits per heavy atom. The van der Waals surface area contributed by atoms with Crippen molar-refractivity contribution in [3.63, 3.8) is 0 Å². The summed E-state index contributed by atoms with van der Waals surface area (Å²) >= 11 is 5.92. The van der Waals surface area contributed by atoms with Crippen LogP contribution in [0.25, 0.3) is 0 Å². The van der Waals surface area contributed by atoms with Gasteiger partial charge in [0.25, 0.3) is 5.91 Å². The summed E-state index contributed by atoms with van der Waals surface area (Å²) in [6.07, 6.45) is 0. The molecule has 0 atom stereocenters. The Morgan fingerprint density at radius 2 is 1.92 bits per heavy atom. The van der Waals surface area contributed by atoms with E-state index in [-0.39, 0.29) is 12.3 Å². The number of aryl methyl sites for hydroxylation is 2. The predicted octanol–water partition coefficient (Wildman–Crippen LogP) is 4.02. The summed E-state index contributed by atoms with van der Waals surface area (Å²) in [6, 6.07) is 6.53. The molecule has 2 aromatic carbocycles. The van der Waals surface area contributed by atoms with Gasteiger partial charge in [0, 0.05) is 16.8 Å². The number of hydrogen-bond donors (Lipinski definition) is 1. The summed E-state index contributed by atoms with van der Waals surface area (Å²) in [5.74, 6) is -0.953. The zero-order valence-corrected chi connectivity index (χ0v) is 13.7. The molecule has 1 amide bonds. The Hall–Kier alpha value is -2.67. The molecule has 2 rings (SSSR count). The number of nitro groups is 1. The molecule has 0 spiro atoms. The second-order valence-electron chi connectivity index (χ2n) is 5.13. The first kappa shape index (κ1) is 17.7. The van der Waals surface area contributed by atoms with Gasteiger partial charge in [-0.05, 0) is 49.2 Å². The monoisotopic (exact) mass is 352 g/mol. The Balaban J connectivity index is 2.04. The topological polar surface area (TPSA) is 81.5 Å². The van der Waals surface area contributed by atoms with Gasteiger partial charge in [-0.2, -0.15) is 4.39 Å². The summed E-state index contributed by atoms with van der Waals surface area (Å²) < 4.78 is 18.7. The van der Waals surface area contributed by atoms with Crippen LogP contribution in [-0.2, 0) is 4.79 Å². The average Bonchev–Trinajstić information content (AvgIpc) is 2.47. The zero-order valence-electron chi connectivity index (χ0n) is 12.9. The summed E-state index contributed by atoms with van der Waals surface area (Å²) in [4.78, 5) is 21.7. The lowest BCUT2D eigenvalue weighted by Gasteiger charge is -2.12. The SMILES string of the molecule is Cc1cc(Cl)cc(C)c1OCC(=O)Nc1ccc(F)c([N+](=O)[O-])c1. The molecule has 24 heavy (non-hydrogen) atoms. The first-order valence-electron chi connectivity index (χ1n) is 6.91. The molecular weight excluding hydrogens is 339 g/mol. The molecule has 126 valence electrons. The minimum Gasteiger partial charge on any atom is -0.483 e. The lowest BCUT2D eigenvalue weighted by molar-refractivity contribution is -0.387. The molecule has 8 heteroatoms. The van der Waals surface area contributed by atoms with Gasteiger partial charge in [-0.3, -0.25) is 14.9 Å². The number of carbonyl (C=O) groups is 1. The van der Waals surface area contributed by atoms with Crippen LogP contribution in [0.3, 0.4) is 0 Å². The van der Waals surface area contributed by atoms with Gasteiger partial charge >= 0.3 is 5.69 Å². The summed E-state index contributed by atoms with van der Waals surface area (Å²) in [6.45, 7) is 3.30. The van der Waals surface area contributed by atoms with Gasteiger partial charge in [-0.25, -0.2) is 0 Å². The number of ether oxygens (including phenoxy) is 1. The van der Waals surface area contributed by atoms with Gasteiger partial charge in [0.1, 0.15) is 5.75 Å². The highest BCUT2D eigenvalue weighted by atomic mass is 35.5. The molecule has 0 saturated heterocycles. The van der Waals surface area contributed by atoms with E-state index in [2.05, 4.69) is 5.32 Å². The molecule has 0 saturated carbocycles. The number of amides is 1. The van der Waals surface area contributed by atoms with Gasteiger partial charge in [-0.15, -0.1) is 0 Å². The van der Waals surface area contributed by atoms with Crippen molar-refractivity contribution in [2.45, 2.75) is 13.8 Å². The summed E-state index contributed by atoms with van der Waals surface area (Å²) in [5.41, 5.74) is 0.967. The van der Waals surface area contributed by atoms with E-state index < -0.39 is 22.3 Å². The Morgan fingerprint density at radius 3 is 2.50 bits per heavy atom. The van der Waals surface area contributed by atoms with Crippen LogP contribution >= 0.6 is 11.6 Å². The van der Waals surface area contributed by atoms with E-state index in [0.29, 0.717) is 10.8 Å². The van der Waals surface area contributed by atoms with Gasteiger partial charge in [0.15, 0.2) is 6.61 Å². The molecule has 0 bridgehead atoms. The lowest BCUT2D eigenvalue weighted by atomic mass is 10.1. The van der Waals surface area contributed by atoms with E-state index in [1.807, 2.05) is 0 Å². The van der Waals surface area contributed by atoms with E-state index in [1.165, 1.54) is 6.07 Å². The van der Waals surface area contributed by atoms with Crippen LogP contribution in [0, 0.1) is 29.8 Å². The molecule has 0 fully saturated rings. The normalized spacial score (nSPS) is 10.3. The van der Waals surface area contributed by atoms with Gasteiger partial charge < -0.3 is 10.1 Å². The number of halogens is 2. The van der Waals surface area contributed by atoms with Crippen LogP contribution < -0.4 is 10.1 Å². The third-order valence-corrected chi connectivity index (χ3v) is 3.42. The molecular formula is C16H14ClFN2O4. The first-order chi connectivity index (χ1) is 11.3. The third kappa shape index (κ3) is 4.20. The van der Waals surface area contributed by atoms with E-state index in [1.54, 1.807) is 26.0 Å². The van der Waals surface area contributed by atoms with Crippen LogP contribution in [0.15, 0.2) is 30.3 Å². The molecule has 1 N–H and O–H groups in total. The second kappa shape index (κ2) is 7.27. The second-order valence-corrected chi connectivity index (χ2v) is 5.57. The van der Waals surface area contributed by atoms with E-state index in [4.69, 9.17) is 16.3 Å². The molecule has 2 aromatic rings. The van der Waals surface area contributed by atoms with Crippen molar-refractivity contribution in [2.24, 2.45) is 0 Å². The van der Waals surface area contributed by atoms with Gasteiger partial charge in [0.05, 0.1) is 4.92 Å². The Labute approximate surface area is 142 Å². The van der Waals surface area contributed by atoms with E-state index >= 15 is 0 Å². The van der Waals surface area contributed by atoms with Crippen molar-refractivity contribution in [3.05, 3.63) is 62.4 Å². The fraction of sp³-hybridized carbons (Fsp3) is 0.188. The number of rotatable bonds is 5. The van der Waals surface area contributed by atoms with Crippen LogP contribution in [0.1, 0.15) is 11.1 Å². The number of nitro benzene ring substituents is 1. The van der Waals surface area contributed by atoms with Crippen molar-refractivity contribution in [3.8, 4) is 5.75 Å². The minimum atomic E-state index is -0.971. The molecule has 0 aliphatic carbocycles. The van der Waals surface area contributed by atoms with Crippen molar-refractivity contribution in [1.82, 2.24) is 0 Å². The van der Waals surface area contributed by atoms with E-state index in [0.717, 1.165) is 23.3 Å². The lowest BCUT2D eigenvalue weighted by Crippen LogP contribution is -2.20. The predicted molar refractivity (Wildman–Crippen MR) is 88.1 cm³/mol. The first-order valence-corrected chi connectivity index (χ1v) is 7.29. The molecule has 0 aliphatic rings. The zero-order chi connectivity index (χ0) is 17.9. The Bertz CT molecular complexity index is 788. The van der Waals surface area contributed by atoms with Crippen molar-refractivity contribution >= 4 is 28.9 Å². The number of nitrogens with one attached hydrogen (secondary N) is 1. The fourth-order valence-electron chi connectivity index (χ4n) is 2.19. The highest BCUT2D eigenvalue weighted by molar-refractivity contribution is 6.30. The number of anilines is 1. The molecule has 0 radical (unpaired) electrons. The molecule has 0 aromatic heterocycles. The minimum absolute atomic E-state index is 0.112. The highest BCUT2D eigenvalue weighted by Gasteiger charge is 2.16. The molecule has 0 unspecified atom stereocenters. The number of carbonyl (C=O) groups excluding carboxylic acids is 1. The van der Waals surface area contributed by atoms with Gasteiger partial charge in [-0.1, -0.05) is 11.6 Å². The standard InChI is InChI=1S/C16H14ClFN2O4/c1-9-5-11(17)6-10(2)16(9)24-8-15(21)19-12-3-4-13(18)14(7-12)20(22)23/h3-7H,8H2,1-2H3,(H,19,21). The maximum absolute atomic E-state index is 13.3. The number of benzene rings is 2. The molecule has 0 heterocycles. The molecule has 6 nitrogen and oxygen atoms in total. The number of nitrogens with zero attached hydrogens (tertiary/aromatic N) is 1. The Kier molecular flexibility index (Phi) is 5.35. The van der Waals surface area contributed by atoms with E-state index in [9.17, 15) is 19.3 Å². The van der Waals surface area contributed by atoms with Crippen LogP contribution in [0.4, 0.5) is 15.8 Å². The van der Waals surface area contributed by atoms with Crippen molar-refractivity contribution < 1.29 is 18.8 Å². The summed E-state index contributed by atoms with van der Waals surface area (Å²) in [7, 11) is 0. The highest BCUT2D eigenvalue weighted by Crippen LogP contribution is 2.27. The van der Waals surface area contributed by atoms with Crippen LogP contribution in [-0.4, -0.2) is 17.4 Å². The maximum Gasteiger partial charge on any atom is 0.306 e. The van der Waals surface area contributed by atoms with Crippen LogP contribution in [0.5, 0.6) is 5.75 Å². The van der Waals surface area contributed by atoms with Crippen molar-refractivity contribution in [2.75, 3.05) is 11.9 Å². The smallest absolute Gasteiger partial charge is 0.306 e. The quantitative estimate of drug-likeness (QED) is 0.650. The average molecular weight is 353 g/mol. The maximum atomic E-state index is 13.3. The number of hydrogen-bond acceptors (Lipinski definition) is 4. The largest absolute Gasteiger partial charge is 0.483 e. The van der Waals surface area contributed by atoms with Crippen LogP contribution in [0.2, 0.25) is 5.02 Å². The summed E-state index contributed by atoms with van der Waals surface area (Å²) in [5, 5.41) is 13.7. The fourth-order valence-corrected chi connectivity index (χ4v) is 2.52. The molecule has 0 aliphatic heterocycles. The van der Waals surface area contributed by atoms with Crippen molar-refractivity contribution in [1.29, 1.82) is 0 Å².